The van der Waals surface area contributed by atoms with Gasteiger partial charge in [0.15, 0.2) is 6.61 Å². The lowest BCUT2D eigenvalue weighted by Gasteiger charge is -2.09. The van der Waals surface area contributed by atoms with E-state index in [-0.39, 0.29) is 12.5 Å². The maximum atomic E-state index is 11.3. The highest BCUT2D eigenvalue weighted by Crippen LogP contribution is 2.18. The summed E-state index contributed by atoms with van der Waals surface area (Å²) >= 11 is 0. The first kappa shape index (κ1) is 13.0. The minimum absolute atomic E-state index is 0.0181. The SMILES string of the molecule is CCCNC(=O)COc1cc(C#N)ccc1C. The molecule has 1 amide bonds. The quantitative estimate of drug-likeness (QED) is 0.841. The van der Waals surface area contributed by atoms with Crippen molar-refractivity contribution in [1.29, 1.82) is 5.26 Å². The fourth-order valence-corrected chi connectivity index (χ4v) is 1.28. The number of nitriles is 1. The molecule has 0 bridgehead atoms. The standard InChI is InChI=1S/C13H16N2O2/c1-3-6-15-13(16)9-17-12-7-11(8-14)5-4-10(12)2/h4-5,7H,3,6,9H2,1-2H3,(H,15,16). The number of nitrogens with one attached hydrogen (secondary N) is 1. The number of amides is 1. The Balaban J connectivity index is 2.57. The molecule has 0 unspecified atom stereocenters. The van der Waals surface area contributed by atoms with Crippen molar-refractivity contribution in [3.63, 3.8) is 0 Å². The zero-order chi connectivity index (χ0) is 12.7. The van der Waals surface area contributed by atoms with E-state index in [0.717, 1.165) is 12.0 Å². The molecule has 0 aliphatic rings. The predicted octanol–water partition coefficient (Wildman–Crippen LogP) is 1.77. The Bertz CT molecular complexity index is 436. The molecular formula is C13H16N2O2. The van der Waals surface area contributed by atoms with E-state index in [1.165, 1.54) is 0 Å². The van der Waals surface area contributed by atoms with Gasteiger partial charge in [0.25, 0.3) is 5.91 Å². The van der Waals surface area contributed by atoms with E-state index in [1.54, 1.807) is 18.2 Å². The van der Waals surface area contributed by atoms with Crippen molar-refractivity contribution < 1.29 is 9.53 Å². The number of ether oxygens (including phenoxy) is 1. The number of hydrogen-bond acceptors (Lipinski definition) is 3. The Hall–Kier alpha value is -2.02. The first-order valence-electron chi connectivity index (χ1n) is 5.57. The van der Waals surface area contributed by atoms with Gasteiger partial charge in [0, 0.05) is 6.54 Å². The fraction of sp³-hybridized carbons (Fsp3) is 0.385. The first-order chi connectivity index (χ1) is 8.17. The lowest BCUT2D eigenvalue weighted by atomic mass is 10.1. The predicted molar refractivity (Wildman–Crippen MR) is 64.7 cm³/mol. The second kappa shape index (κ2) is 6.54. The Labute approximate surface area is 101 Å². The van der Waals surface area contributed by atoms with Gasteiger partial charge in [0.05, 0.1) is 11.6 Å². The molecule has 0 aromatic heterocycles. The minimum Gasteiger partial charge on any atom is -0.483 e. The molecule has 90 valence electrons. The molecule has 0 saturated heterocycles. The van der Waals surface area contributed by atoms with Crippen LogP contribution in [0.5, 0.6) is 5.75 Å². The molecule has 0 aliphatic carbocycles. The van der Waals surface area contributed by atoms with Crippen LogP contribution in [0, 0.1) is 18.3 Å². The number of rotatable bonds is 5. The van der Waals surface area contributed by atoms with Crippen LogP contribution in [0.1, 0.15) is 24.5 Å². The molecule has 1 aromatic carbocycles. The zero-order valence-corrected chi connectivity index (χ0v) is 10.1. The molecule has 0 saturated carbocycles. The molecule has 1 N–H and O–H groups in total. The van der Waals surface area contributed by atoms with Crippen LogP contribution < -0.4 is 10.1 Å². The summed E-state index contributed by atoms with van der Waals surface area (Å²) in [5, 5.41) is 11.5. The van der Waals surface area contributed by atoms with Gasteiger partial charge >= 0.3 is 0 Å². The molecule has 1 rings (SSSR count). The number of carbonyl (C=O) groups excluding carboxylic acids is 1. The molecule has 0 aliphatic heterocycles. The molecular weight excluding hydrogens is 216 g/mol. The summed E-state index contributed by atoms with van der Waals surface area (Å²) in [6, 6.07) is 7.20. The van der Waals surface area contributed by atoms with Crippen LogP contribution in [-0.4, -0.2) is 19.1 Å². The van der Waals surface area contributed by atoms with Gasteiger partial charge in [0.2, 0.25) is 0 Å². The van der Waals surface area contributed by atoms with Crippen LogP contribution >= 0.6 is 0 Å². The third kappa shape index (κ3) is 4.15. The Morgan fingerprint density at radius 3 is 2.94 bits per heavy atom. The van der Waals surface area contributed by atoms with Crippen LogP contribution in [0.3, 0.4) is 0 Å². The van der Waals surface area contributed by atoms with Gasteiger partial charge in [-0.2, -0.15) is 5.26 Å². The highest BCUT2D eigenvalue weighted by molar-refractivity contribution is 5.77. The van der Waals surface area contributed by atoms with Crippen molar-refractivity contribution in [2.45, 2.75) is 20.3 Å². The van der Waals surface area contributed by atoms with Crippen molar-refractivity contribution >= 4 is 5.91 Å². The Morgan fingerprint density at radius 1 is 1.53 bits per heavy atom. The van der Waals surface area contributed by atoms with Gasteiger partial charge in [-0.25, -0.2) is 0 Å². The third-order valence-electron chi connectivity index (χ3n) is 2.25. The molecule has 17 heavy (non-hydrogen) atoms. The largest absolute Gasteiger partial charge is 0.483 e. The number of aryl methyl sites for hydroxylation is 1. The second-order valence-electron chi connectivity index (χ2n) is 3.73. The van der Waals surface area contributed by atoms with Crippen molar-refractivity contribution in [3.8, 4) is 11.8 Å². The number of hydrogen-bond donors (Lipinski definition) is 1. The summed E-state index contributed by atoms with van der Waals surface area (Å²) in [5.74, 6) is 0.435. The highest BCUT2D eigenvalue weighted by atomic mass is 16.5. The number of carbonyl (C=O) groups is 1. The number of nitrogens with zero attached hydrogens (tertiary/aromatic N) is 1. The molecule has 4 nitrogen and oxygen atoms in total. The average Bonchev–Trinajstić information content (AvgIpc) is 2.35. The molecule has 0 heterocycles. The zero-order valence-electron chi connectivity index (χ0n) is 10.1. The molecule has 0 fully saturated rings. The van der Waals surface area contributed by atoms with Crippen molar-refractivity contribution in [2.24, 2.45) is 0 Å². The smallest absolute Gasteiger partial charge is 0.257 e. The fourth-order valence-electron chi connectivity index (χ4n) is 1.28. The van der Waals surface area contributed by atoms with Gasteiger partial charge in [-0.05, 0) is 31.0 Å². The highest BCUT2D eigenvalue weighted by Gasteiger charge is 2.05. The van der Waals surface area contributed by atoms with Crippen LogP contribution in [-0.2, 0) is 4.79 Å². The monoisotopic (exact) mass is 232 g/mol. The summed E-state index contributed by atoms with van der Waals surface area (Å²) in [6.45, 7) is 4.50. The lowest BCUT2D eigenvalue weighted by Crippen LogP contribution is -2.29. The second-order valence-corrected chi connectivity index (χ2v) is 3.73. The van der Waals surface area contributed by atoms with E-state index in [2.05, 4.69) is 5.32 Å². The maximum absolute atomic E-state index is 11.3. The van der Waals surface area contributed by atoms with Crippen molar-refractivity contribution in [3.05, 3.63) is 29.3 Å². The molecule has 0 atom stereocenters. The van der Waals surface area contributed by atoms with Crippen LogP contribution in [0.15, 0.2) is 18.2 Å². The van der Waals surface area contributed by atoms with E-state index in [0.29, 0.717) is 17.9 Å². The lowest BCUT2D eigenvalue weighted by molar-refractivity contribution is -0.123. The van der Waals surface area contributed by atoms with Gasteiger partial charge in [-0.15, -0.1) is 0 Å². The number of benzene rings is 1. The van der Waals surface area contributed by atoms with Gasteiger partial charge in [0.1, 0.15) is 5.75 Å². The normalized spacial score (nSPS) is 9.47. The third-order valence-corrected chi connectivity index (χ3v) is 2.25. The van der Waals surface area contributed by atoms with Gasteiger partial charge < -0.3 is 10.1 Å². The Kier molecular flexibility index (Phi) is 5.02. The average molecular weight is 232 g/mol. The Morgan fingerprint density at radius 2 is 2.29 bits per heavy atom. The van der Waals surface area contributed by atoms with E-state index in [1.807, 2.05) is 19.9 Å². The molecule has 0 radical (unpaired) electrons. The van der Waals surface area contributed by atoms with Gasteiger partial charge in [-0.1, -0.05) is 13.0 Å². The summed E-state index contributed by atoms with van der Waals surface area (Å²) < 4.78 is 5.37. The van der Waals surface area contributed by atoms with Crippen LogP contribution in [0.2, 0.25) is 0 Å². The van der Waals surface area contributed by atoms with E-state index >= 15 is 0 Å². The summed E-state index contributed by atoms with van der Waals surface area (Å²) in [4.78, 5) is 11.3. The molecule has 4 heteroatoms. The van der Waals surface area contributed by atoms with E-state index < -0.39 is 0 Å². The summed E-state index contributed by atoms with van der Waals surface area (Å²) in [7, 11) is 0. The van der Waals surface area contributed by atoms with Gasteiger partial charge in [-0.3, -0.25) is 4.79 Å². The van der Waals surface area contributed by atoms with E-state index in [4.69, 9.17) is 10.00 Å². The minimum atomic E-state index is -0.145. The van der Waals surface area contributed by atoms with E-state index in [9.17, 15) is 4.79 Å². The maximum Gasteiger partial charge on any atom is 0.257 e. The van der Waals surface area contributed by atoms with Crippen LogP contribution in [0.4, 0.5) is 0 Å². The summed E-state index contributed by atoms with van der Waals surface area (Å²) in [6.07, 6.45) is 0.898. The summed E-state index contributed by atoms with van der Waals surface area (Å²) in [5.41, 5.74) is 1.44. The van der Waals surface area contributed by atoms with Crippen LogP contribution in [0.25, 0.3) is 0 Å². The molecule has 1 aromatic rings. The topological polar surface area (TPSA) is 62.1 Å². The first-order valence-corrected chi connectivity index (χ1v) is 5.57. The van der Waals surface area contributed by atoms with Crippen molar-refractivity contribution in [2.75, 3.05) is 13.2 Å². The van der Waals surface area contributed by atoms with Crippen molar-refractivity contribution in [1.82, 2.24) is 5.32 Å². The molecule has 0 spiro atoms.